The molecule has 1 aliphatic rings. The first kappa shape index (κ1) is 29.5. The standard InChI is InChI=1S/C35H32FNO6/c1-23-19-27(13-16-30(23)43-22-24-7-4-3-5-8-24)33(38)31-32(37(17-18-41-2)35(40)34(31)39)26-9-6-10-29(20-26)42-21-25-11-14-28(36)15-12-25/h3-16,19-20,32,38H,17-18,21-22H2,1-2H3/b33-31+. The molecule has 0 radical (unpaired) electrons. The van der Waals surface area contributed by atoms with Crippen molar-refractivity contribution in [2.24, 2.45) is 0 Å². The topological polar surface area (TPSA) is 85.3 Å². The molecule has 43 heavy (non-hydrogen) atoms. The van der Waals surface area contributed by atoms with E-state index in [1.54, 1.807) is 54.6 Å². The Bertz CT molecular complexity index is 1630. The SMILES string of the molecule is COCCN1C(=O)C(=O)/C(=C(/O)c2ccc(OCc3ccccc3)c(C)c2)C1c1cccc(OCc2ccc(F)cc2)c1. The summed E-state index contributed by atoms with van der Waals surface area (Å²) in [4.78, 5) is 28.0. The van der Waals surface area contributed by atoms with E-state index in [1.807, 2.05) is 37.3 Å². The maximum absolute atomic E-state index is 13.4. The van der Waals surface area contributed by atoms with E-state index in [0.29, 0.717) is 29.2 Å². The molecule has 0 saturated carbocycles. The summed E-state index contributed by atoms with van der Waals surface area (Å²) in [6, 6.07) is 27.1. The van der Waals surface area contributed by atoms with Crippen LogP contribution >= 0.6 is 0 Å². The van der Waals surface area contributed by atoms with E-state index in [-0.39, 0.29) is 36.9 Å². The van der Waals surface area contributed by atoms with Crippen LogP contribution in [0, 0.1) is 12.7 Å². The van der Waals surface area contributed by atoms with Crippen molar-refractivity contribution in [3.63, 3.8) is 0 Å². The lowest BCUT2D eigenvalue weighted by Gasteiger charge is -2.25. The monoisotopic (exact) mass is 581 g/mol. The fourth-order valence-corrected chi connectivity index (χ4v) is 5.02. The lowest BCUT2D eigenvalue weighted by molar-refractivity contribution is -0.140. The highest BCUT2D eigenvalue weighted by molar-refractivity contribution is 6.46. The molecule has 1 atom stereocenters. The molecule has 0 aromatic heterocycles. The predicted octanol–water partition coefficient (Wildman–Crippen LogP) is 6.36. The van der Waals surface area contributed by atoms with E-state index < -0.39 is 17.7 Å². The molecule has 1 unspecified atom stereocenters. The second-order valence-electron chi connectivity index (χ2n) is 10.2. The molecule has 4 aromatic carbocycles. The Morgan fingerprint density at radius 3 is 2.30 bits per heavy atom. The number of hydrogen-bond acceptors (Lipinski definition) is 6. The van der Waals surface area contributed by atoms with Crippen molar-refractivity contribution in [2.45, 2.75) is 26.2 Å². The molecule has 0 spiro atoms. The summed E-state index contributed by atoms with van der Waals surface area (Å²) in [6.07, 6.45) is 0. The number of ether oxygens (including phenoxy) is 3. The molecule has 8 heteroatoms. The summed E-state index contributed by atoms with van der Waals surface area (Å²) in [5, 5.41) is 11.5. The third kappa shape index (κ3) is 6.76. The van der Waals surface area contributed by atoms with Crippen LogP contribution in [0.3, 0.4) is 0 Å². The van der Waals surface area contributed by atoms with Crippen LogP contribution in [-0.2, 0) is 27.5 Å². The number of amides is 1. The summed E-state index contributed by atoms with van der Waals surface area (Å²) >= 11 is 0. The molecule has 1 N–H and O–H groups in total. The van der Waals surface area contributed by atoms with Gasteiger partial charge in [0.25, 0.3) is 11.7 Å². The number of aliphatic hydroxyl groups is 1. The van der Waals surface area contributed by atoms with Gasteiger partial charge in [0.05, 0.1) is 18.2 Å². The minimum atomic E-state index is -0.862. The van der Waals surface area contributed by atoms with Crippen molar-refractivity contribution < 1.29 is 33.3 Å². The van der Waals surface area contributed by atoms with E-state index in [4.69, 9.17) is 14.2 Å². The number of rotatable bonds is 11. The third-order valence-electron chi connectivity index (χ3n) is 7.25. The van der Waals surface area contributed by atoms with Gasteiger partial charge < -0.3 is 24.2 Å². The Hall–Kier alpha value is -4.95. The van der Waals surface area contributed by atoms with Gasteiger partial charge in [0, 0.05) is 19.2 Å². The number of ketones is 1. The van der Waals surface area contributed by atoms with E-state index in [1.165, 1.54) is 24.1 Å². The molecule has 1 amide bonds. The highest BCUT2D eigenvalue weighted by atomic mass is 19.1. The zero-order valence-electron chi connectivity index (χ0n) is 24.0. The largest absolute Gasteiger partial charge is 0.507 e. The van der Waals surface area contributed by atoms with Gasteiger partial charge in [0.2, 0.25) is 0 Å². The summed E-state index contributed by atoms with van der Waals surface area (Å²) in [6.45, 7) is 2.79. The van der Waals surface area contributed by atoms with E-state index >= 15 is 0 Å². The number of carbonyl (C=O) groups excluding carboxylic acids is 2. The maximum atomic E-state index is 13.4. The number of nitrogens with zero attached hydrogens (tertiary/aromatic N) is 1. The van der Waals surface area contributed by atoms with Crippen LogP contribution in [0.4, 0.5) is 4.39 Å². The number of Topliss-reactive ketones (excluding diaryl/α,β-unsaturated/α-hetero) is 1. The fourth-order valence-electron chi connectivity index (χ4n) is 5.02. The molecule has 220 valence electrons. The van der Waals surface area contributed by atoms with Crippen molar-refractivity contribution in [2.75, 3.05) is 20.3 Å². The van der Waals surface area contributed by atoms with Crippen LogP contribution in [0.25, 0.3) is 5.76 Å². The van der Waals surface area contributed by atoms with Crippen LogP contribution in [0.15, 0.2) is 103 Å². The van der Waals surface area contributed by atoms with Crippen molar-refractivity contribution in [1.82, 2.24) is 4.90 Å². The van der Waals surface area contributed by atoms with Crippen LogP contribution in [0.5, 0.6) is 11.5 Å². The Morgan fingerprint density at radius 1 is 0.860 bits per heavy atom. The lowest BCUT2D eigenvalue weighted by atomic mass is 9.94. The van der Waals surface area contributed by atoms with Crippen molar-refractivity contribution in [3.05, 3.63) is 136 Å². The van der Waals surface area contributed by atoms with Crippen LogP contribution in [-0.4, -0.2) is 42.0 Å². The van der Waals surface area contributed by atoms with Gasteiger partial charge in [0.1, 0.15) is 36.3 Å². The second kappa shape index (κ2) is 13.4. The first-order valence-corrected chi connectivity index (χ1v) is 13.9. The summed E-state index contributed by atoms with van der Waals surface area (Å²) in [5.74, 6) is -0.975. The predicted molar refractivity (Wildman–Crippen MR) is 160 cm³/mol. The van der Waals surface area contributed by atoms with E-state index in [9.17, 15) is 19.1 Å². The number of aliphatic hydroxyl groups excluding tert-OH is 1. The number of hydrogen-bond donors (Lipinski definition) is 1. The van der Waals surface area contributed by atoms with Crippen molar-refractivity contribution in [3.8, 4) is 11.5 Å². The molecule has 5 rings (SSSR count). The molecule has 0 bridgehead atoms. The zero-order valence-corrected chi connectivity index (χ0v) is 24.0. The molecule has 1 heterocycles. The summed E-state index contributed by atoms with van der Waals surface area (Å²) < 4.78 is 30.4. The lowest BCUT2D eigenvalue weighted by Crippen LogP contribution is -2.32. The first-order chi connectivity index (χ1) is 20.9. The van der Waals surface area contributed by atoms with Gasteiger partial charge in [-0.2, -0.15) is 0 Å². The van der Waals surface area contributed by atoms with Gasteiger partial charge in [-0.15, -0.1) is 0 Å². The quantitative estimate of drug-likeness (QED) is 0.126. The number of benzene rings is 4. The average Bonchev–Trinajstić information content (AvgIpc) is 3.28. The van der Waals surface area contributed by atoms with Gasteiger partial charge in [0.15, 0.2) is 0 Å². The number of carbonyl (C=O) groups is 2. The molecule has 1 saturated heterocycles. The molecule has 1 aliphatic heterocycles. The van der Waals surface area contributed by atoms with E-state index in [0.717, 1.165) is 16.7 Å². The van der Waals surface area contributed by atoms with Gasteiger partial charge in [-0.25, -0.2) is 4.39 Å². The van der Waals surface area contributed by atoms with Crippen LogP contribution in [0.1, 0.15) is 33.9 Å². The minimum absolute atomic E-state index is 0.0193. The number of likely N-dealkylation sites (tertiary alicyclic amines) is 1. The van der Waals surface area contributed by atoms with Gasteiger partial charge in [-0.3, -0.25) is 9.59 Å². The fraction of sp³-hybridized carbons (Fsp3) is 0.200. The van der Waals surface area contributed by atoms with Crippen molar-refractivity contribution >= 4 is 17.4 Å². The highest BCUT2D eigenvalue weighted by Gasteiger charge is 2.46. The highest BCUT2D eigenvalue weighted by Crippen LogP contribution is 2.40. The van der Waals surface area contributed by atoms with Gasteiger partial charge in [-0.1, -0.05) is 54.6 Å². The molecule has 7 nitrogen and oxygen atoms in total. The number of methoxy groups -OCH3 is 1. The first-order valence-electron chi connectivity index (χ1n) is 13.9. The Labute approximate surface area is 249 Å². The Morgan fingerprint density at radius 2 is 1.58 bits per heavy atom. The van der Waals surface area contributed by atoms with Crippen LogP contribution < -0.4 is 9.47 Å². The molecular weight excluding hydrogens is 549 g/mol. The van der Waals surface area contributed by atoms with Gasteiger partial charge >= 0.3 is 0 Å². The normalized spacial score (nSPS) is 16.0. The summed E-state index contributed by atoms with van der Waals surface area (Å²) in [5.41, 5.74) is 3.53. The minimum Gasteiger partial charge on any atom is -0.507 e. The molecule has 4 aromatic rings. The maximum Gasteiger partial charge on any atom is 0.295 e. The molecule has 0 aliphatic carbocycles. The number of aryl methyl sites for hydroxylation is 1. The average molecular weight is 582 g/mol. The Kier molecular flexibility index (Phi) is 9.17. The number of halogens is 1. The van der Waals surface area contributed by atoms with Crippen LogP contribution in [0.2, 0.25) is 0 Å². The third-order valence-corrected chi connectivity index (χ3v) is 7.25. The molecular formula is C35H32FNO6. The molecule has 1 fully saturated rings. The smallest absolute Gasteiger partial charge is 0.295 e. The second-order valence-corrected chi connectivity index (χ2v) is 10.2. The van der Waals surface area contributed by atoms with Gasteiger partial charge in [-0.05, 0) is 71.6 Å². The summed E-state index contributed by atoms with van der Waals surface area (Å²) in [7, 11) is 1.51. The van der Waals surface area contributed by atoms with Crippen molar-refractivity contribution in [1.29, 1.82) is 0 Å². The van der Waals surface area contributed by atoms with E-state index in [2.05, 4.69) is 0 Å². The zero-order chi connectivity index (χ0) is 30.3. The Balaban J connectivity index is 1.45.